The van der Waals surface area contributed by atoms with E-state index in [0.29, 0.717) is 6.42 Å². The average Bonchev–Trinajstić information content (AvgIpc) is 2.66. The van der Waals surface area contributed by atoms with Crippen LogP contribution >= 0.6 is 0 Å². The number of amides is 1. The lowest BCUT2D eigenvalue weighted by atomic mass is 10.4. The van der Waals surface area contributed by atoms with Crippen LogP contribution in [0.4, 0.5) is 18.0 Å². The first-order valence-electron chi connectivity index (χ1n) is 4.78. The first-order valence-corrected chi connectivity index (χ1v) is 4.78. The summed E-state index contributed by atoms with van der Waals surface area (Å²) in [5.74, 6) is 0. The minimum atomic E-state index is -4.38. The van der Waals surface area contributed by atoms with Gasteiger partial charge in [0.1, 0.15) is 12.9 Å². The minimum Gasteiger partial charge on any atom is -0.315 e. The number of alkyl halides is 3. The molecule has 90 valence electrons. The van der Waals surface area contributed by atoms with Crippen molar-refractivity contribution in [3.05, 3.63) is 18.7 Å². The molecule has 16 heavy (non-hydrogen) atoms. The third-order valence-corrected chi connectivity index (χ3v) is 1.86. The number of aromatic nitrogens is 2. The van der Waals surface area contributed by atoms with Gasteiger partial charge in [0.2, 0.25) is 0 Å². The maximum atomic E-state index is 12.2. The summed E-state index contributed by atoms with van der Waals surface area (Å²) in [5.41, 5.74) is 0. The second-order valence-electron chi connectivity index (χ2n) is 3.29. The van der Waals surface area contributed by atoms with Crippen molar-refractivity contribution in [2.24, 2.45) is 0 Å². The summed E-state index contributed by atoms with van der Waals surface area (Å²) in [7, 11) is 0. The van der Waals surface area contributed by atoms with Gasteiger partial charge in [-0.15, -0.1) is 0 Å². The molecule has 1 aromatic rings. The maximum Gasteiger partial charge on any atom is 0.406 e. The predicted octanol–water partition coefficient (Wildman–Crippen LogP) is 2.13. The summed E-state index contributed by atoms with van der Waals surface area (Å²) in [6.45, 7) is 0.541. The van der Waals surface area contributed by atoms with Crippen molar-refractivity contribution in [2.75, 3.05) is 13.1 Å². The number of hydrogen-bond acceptors (Lipinski definition) is 2. The number of halogens is 3. The molecular formula is C9H12F3N3O. The van der Waals surface area contributed by atoms with Gasteiger partial charge in [-0.2, -0.15) is 13.2 Å². The number of nitrogens with zero attached hydrogens (tertiary/aromatic N) is 3. The Balaban J connectivity index is 2.74. The molecule has 0 radical (unpaired) electrons. The SMILES string of the molecule is CCCN(CC(F)(F)F)C(=O)n1ccnc1. The molecule has 0 aliphatic carbocycles. The summed E-state index contributed by atoms with van der Waals surface area (Å²) < 4.78 is 37.7. The van der Waals surface area contributed by atoms with Crippen LogP contribution in [0.3, 0.4) is 0 Å². The number of hydrogen-bond donors (Lipinski definition) is 0. The van der Waals surface area contributed by atoms with Crippen LogP contribution in [-0.4, -0.2) is 39.7 Å². The highest BCUT2D eigenvalue weighted by Crippen LogP contribution is 2.17. The molecule has 0 bridgehead atoms. The van der Waals surface area contributed by atoms with Crippen LogP contribution in [0.2, 0.25) is 0 Å². The standard InChI is InChI=1S/C9H12F3N3O/c1-2-4-14(6-9(10,11)12)8(16)15-5-3-13-7-15/h3,5,7H,2,4,6H2,1H3. The Kier molecular flexibility index (Phi) is 3.92. The second kappa shape index (κ2) is 5.00. The van der Waals surface area contributed by atoms with Gasteiger partial charge >= 0.3 is 12.2 Å². The van der Waals surface area contributed by atoms with Crippen LogP contribution in [0.15, 0.2) is 18.7 Å². The highest BCUT2D eigenvalue weighted by molar-refractivity contribution is 5.76. The lowest BCUT2D eigenvalue weighted by molar-refractivity contribution is -0.140. The fraction of sp³-hybridized carbons (Fsp3) is 0.556. The molecule has 1 rings (SSSR count). The van der Waals surface area contributed by atoms with Gasteiger partial charge in [-0.3, -0.25) is 4.57 Å². The van der Waals surface area contributed by atoms with Gasteiger partial charge in [0.25, 0.3) is 0 Å². The molecule has 1 heterocycles. The number of imidazole rings is 1. The van der Waals surface area contributed by atoms with E-state index in [-0.39, 0.29) is 6.54 Å². The second-order valence-corrected chi connectivity index (χ2v) is 3.29. The highest BCUT2D eigenvalue weighted by atomic mass is 19.4. The highest BCUT2D eigenvalue weighted by Gasteiger charge is 2.32. The van der Waals surface area contributed by atoms with E-state index in [9.17, 15) is 18.0 Å². The third-order valence-electron chi connectivity index (χ3n) is 1.86. The van der Waals surface area contributed by atoms with Crippen LogP contribution < -0.4 is 0 Å². The topological polar surface area (TPSA) is 38.1 Å². The summed E-state index contributed by atoms with van der Waals surface area (Å²) in [4.78, 5) is 16.0. The lowest BCUT2D eigenvalue weighted by Crippen LogP contribution is -2.41. The predicted molar refractivity (Wildman–Crippen MR) is 50.9 cm³/mol. The Morgan fingerprint density at radius 2 is 2.19 bits per heavy atom. The van der Waals surface area contributed by atoms with Crippen molar-refractivity contribution in [3.63, 3.8) is 0 Å². The molecule has 0 aliphatic heterocycles. The van der Waals surface area contributed by atoms with Crippen molar-refractivity contribution >= 4 is 6.03 Å². The van der Waals surface area contributed by atoms with E-state index in [1.54, 1.807) is 6.92 Å². The number of carbonyl (C=O) groups excluding carboxylic acids is 1. The van der Waals surface area contributed by atoms with Crippen LogP contribution in [0.5, 0.6) is 0 Å². The van der Waals surface area contributed by atoms with Crippen molar-refractivity contribution in [3.8, 4) is 0 Å². The molecule has 0 saturated carbocycles. The Morgan fingerprint density at radius 1 is 1.50 bits per heavy atom. The molecule has 1 aromatic heterocycles. The molecule has 0 fully saturated rings. The maximum absolute atomic E-state index is 12.2. The van der Waals surface area contributed by atoms with Crippen molar-refractivity contribution in [1.29, 1.82) is 0 Å². The Labute approximate surface area is 90.7 Å². The molecular weight excluding hydrogens is 223 g/mol. The molecule has 0 aliphatic rings. The van der Waals surface area contributed by atoms with E-state index in [1.807, 2.05) is 0 Å². The number of rotatable bonds is 3. The summed E-state index contributed by atoms with van der Waals surface area (Å²) in [6.07, 6.45) is -0.0692. The van der Waals surface area contributed by atoms with E-state index >= 15 is 0 Å². The zero-order valence-electron chi connectivity index (χ0n) is 8.74. The molecule has 0 spiro atoms. The van der Waals surface area contributed by atoms with Gasteiger partial charge in [0.05, 0.1) is 0 Å². The van der Waals surface area contributed by atoms with E-state index in [2.05, 4.69) is 4.98 Å². The zero-order chi connectivity index (χ0) is 12.2. The largest absolute Gasteiger partial charge is 0.406 e. The zero-order valence-corrected chi connectivity index (χ0v) is 8.74. The molecule has 0 N–H and O–H groups in total. The van der Waals surface area contributed by atoms with E-state index < -0.39 is 18.8 Å². The smallest absolute Gasteiger partial charge is 0.315 e. The summed E-state index contributed by atoms with van der Waals surface area (Å²) >= 11 is 0. The average molecular weight is 235 g/mol. The Bertz CT molecular complexity index is 334. The monoisotopic (exact) mass is 235 g/mol. The normalized spacial score (nSPS) is 11.5. The quantitative estimate of drug-likeness (QED) is 0.804. The van der Waals surface area contributed by atoms with Crippen molar-refractivity contribution < 1.29 is 18.0 Å². The van der Waals surface area contributed by atoms with Gasteiger partial charge in [-0.05, 0) is 6.42 Å². The van der Waals surface area contributed by atoms with Gasteiger partial charge < -0.3 is 4.90 Å². The molecule has 7 heteroatoms. The van der Waals surface area contributed by atoms with E-state index in [4.69, 9.17) is 0 Å². The van der Waals surface area contributed by atoms with Crippen LogP contribution in [0.1, 0.15) is 13.3 Å². The van der Waals surface area contributed by atoms with Crippen LogP contribution in [0.25, 0.3) is 0 Å². The van der Waals surface area contributed by atoms with Gasteiger partial charge in [0, 0.05) is 18.9 Å². The molecule has 4 nitrogen and oxygen atoms in total. The van der Waals surface area contributed by atoms with Gasteiger partial charge in [0.15, 0.2) is 0 Å². The van der Waals surface area contributed by atoms with Crippen molar-refractivity contribution in [2.45, 2.75) is 19.5 Å². The van der Waals surface area contributed by atoms with E-state index in [1.165, 1.54) is 18.7 Å². The first kappa shape index (κ1) is 12.5. The van der Waals surface area contributed by atoms with Gasteiger partial charge in [-0.25, -0.2) is 9.78 Å². The van der Waals surface area contributed by atoms with E-state index in [0.717, 1.165) is 9.47 Å². The first-order chi connectivity index (χ1) is 7.44. The number of carbonyl (C=O) groups is 1. The van der Waals surface area contributed by atoms with Crippen LogP contribution in [0, 0.1) is 0 Å². The molecule has 0 unspecified atom stereocenters. The third kappa shape index (κ3) is 3.56. The minimum absolute atomic E-state index is 0.0660. The lowest BCUT2D eigenvalue weighted by Gasteiger charge is -2.23. The fourth-order valence-electron chi connectivity index (χ4n) is 1.26. The molecule has 1 amide bonds. The van der Waals surface area contributed by atoms with Crippen LogP contribution in [-0.2, 0) is 0 Å². The fourth-order valence-corrected chi connectivity index (χ4v) is 1.26. The van der Waals surface area contributed by atoms with Crippen molar-refractivity contribution in [1.82, 2.24) is 14.5 Å². The Hall–Kier alpha value is -1.53. The summed E-state index contributed by atoms with van der Waals surface area (Å²) in [5, 5.41) is 0. The Morgan fingerprint density at radius 3 is 2.62 bits per heavy atom. The molecule has 0 atom stereocenters. The molecule has 0 saturated heterocycles. The van der Waals surface area contributed by atoms with Gasteiger partial charge in [-0.1, -0.05) is 6.92 Å². The summed E-state index contributed by atoms with van der Waals surface area (Å²) in [6, 6.07) is -0.711. The molecule has 0 aromatic carbocycles.